The third-order valence-corrected chi connectivity index (χ3v) is 7.59. The molecule has 1 aliphatic rings. The minimum atomic E-state index is -1.14. The summed E-state index contributed by atoms with van der Waals surface area (Å²) in [5.41, 5.74) is 1.30. The van der Waals surface area contributed by atoms with Gasteiger partial charge < -0.3 is 23.9 Å². The predicted octanol–water partition coefficient (Wildman–Crippen LogP) is 6.05. The normalized spacial score (nSPS) is 14.2. The fourth-order valence-corrected chi connectivity index (χ4v) is 5.11. The number of halogens is 3. The van der Waals surface area contributed by atoms with Gasteiger partial charge >= 0.3 is 5.97 Å². The summed E-state index contributed by atoms with van der Waals surface area (Å²) in [6.45, 7) is 0.767. The topological polar surface area (TPSA) is 119 Å². The number of pyridine rings is 1. The molecule has 0 amide bonds. The molecule has 6 rings (SSSR count). The van der Waals surface area contributed by atoms with Crippen LogP contribution in [0.15, 0.2) is 60.7 Å². The van der Waals surface area contributed by atoms with Crippen LogP contribution in [0, 0.1) is 28.8 Å². The summed E-state index contributed by atoms with van der Waals surface area (Å²) in [4.78, 5) is 20.7. The molecule has 9 nitrogen and oxygen atoms in total. The zero-order valence-corrected chi connectivity index (χ0v) is 23.9. The molecule has 5 aromatic rings. The van der Waals surface area contributed by atoms with E-state index >= 15 is 8.78 Å². The van der Waals surface area contributed by atoms with Gasteiger partial charge in [-0.1, -0.05) is 12.1 Å². The molecule has 12 heteroatoms. The Balaban J connectivity index is 1.29. The molecule has 1 unspecified atom stereocenters. The lowest BCUT2D eigenvalue weighted by molar-refractivity contribution is -0.0589. The Hall–Kier alpha value is -5.41. The molecule has 0 bridgehead atoms. The first-order valence-corrected chi connectivity index (χ1v) is 13.9. The second-order valence-electron chi connectivity index (χ2n) is 10.4. The largest absolute Gasteiger partial charge is 0.494 e. The lowest BCUT2D eigenvalue weighted by Gasteiger charge is -2.27. The summed E-state index contributed by atoms with van der Waals surface area (Å²) in [6.07, 6.45) is 0.576. The third kappa shape index (κ3) is 6.03. The van der Waals surface area contributed by atoms with Gasteiger partial charge in [-0.2, -0.15) is 5.26 Å². The average molecular weight is 615 g/mol. The van der Waals surface area contributed by atoms with E-state index in [0.717, 1.165) is 24.6 Å². The summed E-state index contributed by atoms with van der Waals surface area (Å²) >= 11 is 0. The summed E-state index contributed by atoms with van der Waals surface area (Å²) in [7, 11) is 1.40. The SMILES string of the molecule is COc1cc(C(=O)O)cc2c1nc(Cc1cc(F)c(-c3cccc(OCc4ccc(C#N)cc4F)n3)cc1F)n2CC1CCO1. The number of hydrogen-bond acceptors (Lipinski definition) is 7. The van der Waals surface area contributed by atoms with Crippen molar-refractivity contribution >= 4 is 17.0 Å². The summed E-state index contributed by atoms with van der Waals surface area (Å²) in [6, 6.07) is 15.4. The minimum absolute atomic E-state index is 0.00361. The van der Waals surface area contributed by atoms with Crippen LogP contribution in [-0.2, 0) is 24.3 Å². The molecule has 2 aromatic heterocycles. The zero-order valence-electron chi connectivity index (χ0n) is 23.9. The standard InChI is InChI=1S/C33H25F3N4O5/c1-43-29-12-21(33(41)42)11-28-32(29)39-30(40(28)16-22-7-8-44-22)13-20-10-26(36)23(14-25(20)35)27-3-2-4-31(38-27)45-17-19-6-5-18(15-37)9-24(19)34/h2-6,9-12,14,22H,7-8,13,16-17H2,1H3,(H,41,42). The van der Waals surface area contributed by atoms with Crippen molar-refractivity contribution in [3.8, 4) is 29.0 Å². The molecule has 1 aliphatic heterocycles. The lowest BCUT2D eigenvalue weighted by Crippen LogP contribution is -2.31. The van der Waals surface area contributed by atoms with Crippen molar-refractivity contribution in [1.29, 1.82) is 5.26 Å². The molecular weight excluding hydrogens is 589 g/mol. The van der Waals surface area contributed by atoms with Crippen LogP contribution in [0.4, 0.5) is 13.2 Å². The van der Waals surface area contributed by atoms with Crippen LogP contribution >= 0.6 is 0 Å². The Morgan fingerprint density at radius 1 is 1.07 bits per heavy atom. The fraction of sp³-hybridized carbons (Fsp3) is 0.212. The van der Waals surface area contributed by atoms with E-state index in [2.05, 4.69) is 9.97 Å². The number of fused-ring (bicyclic) bond motifs is 1. The van der Waals surface area contributed by atoms with E-state index in [-0.39, 0.29) is 64.3 Å². The molecule has 0 spiro atoms. The van der Waals surface area contributed by atoms with Crippen molar-refractivity contribution in [3.63, 3.8) is 0 Å². The number of carboxylic acids is 1. The Morgan fingerprint density at radius 3 is 2.56 bits per heavy atom. The Morgan fingerprint density at radius 2 is 1.87 bits per heavy atom. The summed E-state index contributed by atoms with van der Waals surface area (Å²) in [5, 5.41) is 18.5. The minimum Gasteiger partial charge on any atom is -0.494 e. The van der Waals surface area contributed by atoms with Crippen LogP contribution in [0.2, 0.25) is 0 Å². The second kappa shape index (κ2) is 12.3. The van der Waals surface area contributed by atoms with E-state index in [0.29, 0.717) is 30.0 Å². The number of ether oxygens (including phenoxy) is 3. The quantitative estimate of drug-likeness (QED) is 0.202. The molecule has 3 heterocycles. The number of hydrogen-bond donors (Lipinski definition) is 1. The fourth-order valence-electron chi connectivity index (χ4n) is 5.11. The van der Waals surface area contributed by atoms with Crippen LogP contribution in [0.3, 0.4) is 0 Å². The number of rotatable bonds is 10. The molecule has 1 fully saturated rings. The Kier molecular flexibility index (Phi) is 8.10. The van der Waals surface area contributed by atoms with Crippen LogP contribution < -0.4 is 9.47 Å². The van der Waals surface area contributed by atoms with Gasteiger partial charge in [-0.3, -0.25) is 0 Å². The molecule has 1 atom stereocenters. The van der Waals surface area contributed by atoms with Crippen molar-refractivity contribution in [2.45, 2.75) is 32.1 Å². The first-order chi connectivity index (χ1) is 21.7. The van der Waals surface area contributed by atoms with Gasteiger partial charge in [0, 0.05) is 30.2 Å². The summed E-state index contributed by atoms with van der Waals surface area (Å²) < 4.78 is 63.7. The molecule has 3 aromatic carbocycles. The Bertz CT molecular complexity index is 1980. The smallest absolute Gasteiger partial charge is 0.335 e. The number of aromatic carboxylic acids is 1. The van der Waals surface area contributed by atoms with Gasteiger partial charge in [0.25, 0.3) is 0 Å². The highest BCUT2D eigenvalue weighted by atomic mass is 19.1. The van der Waals surface area contributed by atoms with Gasteiger partial charge in [-0.15, -0.1) is 0 Å². The van der Waals surface area contributed by atoms with Gasteiger partial charge in [0.15, 0.2) is 0 Å². The molecule has 1 N–H and O–H groups in total. The predicted molar refractivity (Wildman–Crippen MR) is 155 cm³/mol. The van der Waals surface area contributed by atoms with Crippen LogP contribution in [-0.4, -0.2) is 45.4 Å². The molecular formula is C33H25F3N4O5. The number of aromatic nitrogens is 3. The van der Waals surface area contributed by atoms with Gasteiger partial charge in [0.2, 0.25) is 5.88 Å². The second-order valence-corrected chi connectivity index (χ2v) is 10.4. The molecule has 0 radical (unpaired) electrons. The maximum Gasteiger partial charge on any atom is 0.335 e. The van der Waals surface area contributed by atoms with E-state index in [4.69, 9.17) is 19.5 Å². The van der Waals surface area contributed by atoms with E-state index in [1.807, 2.05) is 6.07 Å². The number of nitriles is 1. The van der Waals surface area contributed by atoms with Crippen molar-refractivity contribution in [1.82, 2.24) is 14.5 Å². The molecule has 0 aliphatic carbocycles. The maximum absolute atomic E-state index is 15.6. The van der Waals surface area contributed by atoms with Crippen molar-refractivity contribution in [2.24, 2.45) is 0 Å². The Labute approximate surface area is 255 Å². The van der Waals surface area contributed by atoms with Gasteiger partial charge in [-0.05, 0) is 54.4 Å². The molecule has 0 saturated carbocycles. The zero-order chi connectivity index (χ0) is 31.7. The van der Waals surface area contributed by atoms with Crippen molar-refractivity contribution in [2.75, 3.05) is 13.7 Å². The molecule has 228 valence electrons. The lowest BCUT2D eigenvalue weighted by atomic mass is 10.0. The van der Waals surface area contributed by atoms with E-state index in [9.17, 15) is 14.3 Å². The number of benzene rings is 3. The first kappa shape index (κ1) is 29.7. The number of methoxy groups -OCH3 is 1. The number of carbonyl (C=O) groups is 1. The molecule has 45 heavy (non-hydrogen) atoms. The van der Waals surface area contributed by atoms with Gasteiger partial charge in [-0.25, -0.2) is 27.9 Å². The van der Waals surface area contributed by atoms with Crippen molar-refractivity contribution in [3.05, 3.63) is 106 Å². The van der Waals surface area contributed by atoms with Crippen LogP contribution in [0.25, 0.3) is 22.3 Å². The third-order valence-electron chi connectivity index (χ3n) is 7.59. The maximum atomic E-state index is 15.6. The average Bonchev–Trinajstić information content (AvgIpc) is 3.36. The van der Waals surface area contributed by atoms with Crippen LogP contribution in [0.1, 0.15) is 39.3 Å². The number of nitrogens with zero attached hydrogens (tertiary/aromatic N) is 4. The molecule has 1 saturated heterocycles. The first-order valence-electron chi connectivity index (χ1n) is 13.9. The monoisotopic (exact) mass is 614 g/mol. The highest BCUT2D eigenvalue weighted by molar-refractivity contribution is 5.95. The van der Waals surface area contributed by atoms with Gasteiger partial charge in [0.05, 0.1) is 48.2 Å². The van der Waals surface area contributed by atoms with E-state index in [1.165, 1.54) is 43.5 Å². The van der Waals surface area contributed by atoms with Gasteiger partial charge in [0.1, 0.15) is 41.1 Å². The summed E-state index contributed by atoms with van der Waals surface area (Å²) in [5.74, 6) is -2.48. The highest BCUT2D eigenvalue weighted by Crippen LogP contribution is 2.32. The van der Waals surface area contributed by atoms with Crippen molar-refractivity contribution < 1.29 is 37.3 Å². The van der Waals surface area contributed by atoms with E-state index in [1.54, 1.807) is 10.6 Å². The van der Waals surface area contributed by atoms with E-state index < -0.39 is 23.4 Å². The van der Waals surface area contributed by atoms with Crippen LogP contribution in [0.5, 0.6) is 11.6 Å². The highest BCUT2D eigenvalue weighted by Gasteiger charge is 2.25. The number of imidazole rings is 1. The number of carboxylic acid groups (broad SMARTS) is 1.